The van der Waals surface area contributed by atoms with Crippen molar-refractivity contribution in [2.24, 2.45) is 5.41 Å². The van der Waals surface area contributed by atoms with Crippen molar-refractivity contribution in [2.45, 2.75) is 51.1 Å². The molecule has 0 saturated carbocycles. The summed E-state index contributed by atoms with van der Waals surface area (Å²) in [6.45, 7) is 4.80. The molecule has 21 heavy (non-hydrogen) atoms. The van der Waals surface area contributed by atoms with Gasteiger partial charge in [0.2, 0.25) is 0 Å². The van der Waals surface area contributed by atoms with Gasteiger partial charge in [0.05, 0.1) is 5.41 Å². The molecular formula is C15H25N3O3. The minimum Gasteiger partial charge on any atom is -0.481 e. The fraction of sp³-hybridized carbons (Fsp3) is 0.867. The van der Waals surface area contributed by atoms with Crippen LogP contribution in [-0.2, 0) is 4.79 Å². The van der Waals surface area contributed by atoms with Crippen molar-refractivity contribution in [2.75, 3.05) is 26.2 Å². The molecule has 3 saturated heterocycles. The van der Waals surface area contributed by atoms with Gasteiger partial charge in [0.15, 0.2) is 0 Å². The summed E-state index contributed by atoms with van der Waals surface area (Å²) in [5.74, 6) is -0.808. The monoisotopic (exact) mass is 295 g/mol. The predicted molar refractivity (Wildman–Crippen MR) is 78.1 cm³/mol. The number of carbonyl (C=O) groups excluding carboxylic acids is 1. The third kappa shape index (κ3) is 2.73. The molecular weight excluding hydrogens is 270 g/mol. The standard InChI is InChI=1S/C15H25N3O3/c1-15(13(19)20)6-9-18(10-15)14(21)16-11-5-8-17-7-3-2-4-12(11)17/h11-12H,2-10H2,1H3,(H,16,21)(H,19,20). The Hall–Kier alpha value is -1.30. The molecule has 0 aromatic carbocycles. The first-order valence-corrected chi connectivity index (χ1v) is 8.02. The number of carbonyl (C=O) groups is 2. The number of fused-ring (bicyclic) bond motifs is 1. The number of piperidine rings is 1. The first kappa shape index (κ1) is 14.6. The Morgan fingerprint density at radius 3 is 2.71 bits per heavy atom. The van der Waals surface area contributed by atoms with E-state index in [-0.39, 0.29) is 12.1 Å². The number of amides is 2. The maximum atomic E-state index is 12.4. The molecule has 3 rings (SSSR count). The smallest absolute Gasteiger partial charge is 0.317 e. The summed E-state index contributed by atoms with van der Waals surface area (Å²) in [6, 6.07) is 0.628. The number of nitrogens with zero attached hydrogens (tertiary/aromatic N) is 2. The Labute approximate surface area is 125 Å². The maximum Gasteiger partial charge on any atom is 0.317 e. The van der Waals surface area contributed by atoms with E-state index in [2.05, 4.69) is 10.2 Å². The second-order valence-corrected chi connectivity index (χ2v) is 6.98. The molecule has 3 heterocycles. The summed E-state index contributed by atoms with van der Waals surface area (Å²) in [4.78, 5) is 27.8. The van der Waals surface area contributed by atoms with Crippen LogP contribution >= 0.6 is 0 Å². The minimum absolute atomic E-state index is 0.0857. The number of hydrogen-bond acceptors (Lipinski definition) is 3. The second kappa shape index (κ2) is 5.48. The Morgan fingerprint density at radius 2 is 2.00 bits per heavy atom. The number of rotatable bonds is 2. The number of aliphatic carboxylic acids is 1. The maximum absolute atomic E-state index is 12.4. The quantitative estimate of drug-likeness (QED) is 0.801. The van der Waals surface area contributed by atoms with Gasteiger partial charge in [-0.15, -0.1) is 0 Å². The van der Waals surface area contributed by atoms with Gasteiger partial charge in [0.25, 0.3) is 0 Å². The van der Waals surface area contributed by atoms with E-state index in [0.717, 1.165) is 25.9 Å². The van der Waals surface area contributed by atoms with Crippen LogP contribution in [0.5, 0.6) is 0 Å². The van der Waals surface area contributed by atoms with Crippen LogP contribution in [0.15, 0.2) is 0 Å². The summed E-state index contributed by atoms with van der Waals surface area (Å²) in [5.41, 5.74) is -0.788. The van der Waals surface area contributed by atoms with E-state index in [1.807, 2.05) is 0 Å². The Bertz CT molecular complexity index is 442. The van der Waals surface area contributed by atoms with E-state index in [0.29, 0.717) is 25.6 Å². The molecule has 0 aromatic rings. The van der Waals surface area contributed by atoms with Crippen LogP contribution in [0.25, 0.3) is 0 Å². The van der Waals surface area contributed by atoms with E-state index >= 15 is 0 Å². The summed E-state index contributed by atoms with van der Waals surface area (Å²) in [5, 5.41) is 12.4. The molecule has 3 aliphatic rings. The fourth-order valence-electron chi connectivity index (χ4n) is 3.97. The van der Waals surface area contributed by atoms with Crippen molar-refractivity contribution in [1.29, 1.82) is 0 Å². The van der Waals surface area contributed by atoms with Crippen LogP contribution in [0.2, 0.25) is 0 Å². The topological polar surface area (TPSA) is 72.9 Å². The molecule has 0 spiro atoms. The summed E-state index contributed by atoms with van der Waals surface area (Å²) in [7, 11) is 0. The Balaban J connectivity index is 1.56. The van der Waals surface area contributed by atoms with Crippen LogP contribution in [0.1, 0.15) is 39.0 Å². The van der Waals surface area contributed by atoms with Gasteiger partial charge < -0.3 is 15.3 Å². The predicted octanol–water partition coefficient (Wildman–Crippen LogP) is 1.12. The molecule has 6 heteroatoms. The van der Waals surface area contributed by atoms with Crippen LogP contribution in [0, 0.1) is 5.41 Å². The van der Waals surface area contributed by atoms with Crippen molar-refractivity contribution in [3.63, 3.8) is 0 Å². The van der Waals surface area contributed by atoms with Gasteiger partial charge in [0.1, 0.15) is 0 Å². The first-order valence-electron chi connectivity index (χ1n) is 8.02. The molecule has 2 N–H and O–H groups in total. The third-order valence-electron chi connectivity index (χ3n) is 5.44. The zero-order valence-corrected chi connectivity index (χ0v) is 12.7. The van der Waals surface area contributed by atoms with E-state index in [1.54, 1.807) is 11.8 Å². The number of carboxylic acids is 1. The largest absolute Gasteiger partial charge is 0.481 e. The Kier molecular flexibility index (Phi) is 3.82. The molecule has 3 unspecified atom stereocenters. The molecule has 3 atom stereocenters. The average Bonchev–Trinajstić information content (AvgIpc) is 3.05. The SMILES string of the molecule is CC1(C(=O)O)CCN(C(=O)NC2CCN3CCCCC23)C1. The summed E-state index contributed by atoms with van der Waals surface area (Å²) < 4.78 is 0. The van der Waals surface area contributed by atoms with Gasteiger partial charge >= 0.3 is 12.0 Å². The molecule has 3 fully saturated rings. The van der Waals surface area contributed by atoms with Crippen molar-refractivity contribution in [3.8, 4) is 0 Å². The van der Waals surface area contributed by atoms with Crippen LogP contribution < -0.4 is 5.32 Å². The van der Waals surface area contributed by atoms with Crippen molar-refractivity contribution < 1.29 is 14.7 Å². The van der Waals surface area contributed by atoms with Gasteiger partial charge in [-0.25, -0.2) is 4.79 Å². The molecule has 0 radical (unpaired) electrons. The molecule has 118 valence electrons. The third-order valence-corrected chi connectivity index (χ3v) is 5.44. The van der Waals surface area contributed by atoms with Gasteiger partial charge in [-0.3, -0.25) is 9.69 Å². The summed E-state index contributed by atoms with van der Waals surface area (Å²) >= 11 is 0. The van der Waals surface area contributed by atoms with Gasteiger partial charge in [-0.2, -0.15) is 0 Å². The molecule has 2 amide bonds. The number of hydrogen-bond donors (Lipinski definition) is 2. The molecule has 3 aliphatic heterocycles. The van der Waals surface area contributed by atoms with Crippen molar-refractivity contribution >= 4 is 12.0 Å². The van der Waals surface area contributed by atoms with E-state index < -0.39 is 11.4 Å². The lowest BCUT2D eigenvalue weighted by Crippen LogP contribution is -2.50. The van der Waals surface area contributed by atoms with Crippen LogP contribution in [0.4, 0.5) is 4.79 Å². The number of carboxylic acid groups (broad SMARTS) is 1. The minimum atomic E-state index is -0.808. The molecule has 0 aromatic heterocycles. The lowest BCUT2D eigenvalue weighted by atomic mass is 9.90. The van der Waals surface area contributed by atoms with Crippen molar-refractivity contribution in [3.05, 3.63) is 0 Å². The highest BCUT2D eigenvalue weighted by molar-refractivity contribution is 5.79. The normalized spacial score (nSPS) is 36.5. The van der Waals surface area contributed by atoms with Gasteiger partial charge in [-0.05, 0) is 39.2 Å². The average molecular weight is 295 g/mol. The zero-order valence-electron chi connectivity index (χ0n) is 12.7. The molecule has 0 bridgehead atoms. The number of likely N-dealkylation sites (tertiary alicyclic amines) is 1. The van der Waals surface area contributed by atoms with E-state index in [4.69, 9.17) is 0 Å². The lowest BCUT2D eigenvalue weighted by molar-refractivity contribution is -0.147. The van der Waals surface area contributed by atoms with Gasteiger partial charge in [0, 0.05) is 31.7 Å². The van der Waals surface area contributed by atoms with E-state index in [1.165, 1.54) is 12.8 Å². The highest BCUT2D eigenvalue weighted by Crippen LogP contribution is 2.31. The molecule has 6 nitrogen and oxygen atoms in total. The fourth-order valence-corrected chi connectivity index (χ4v) is 3.97. The highest BCUT2D eigenvalue weighted by Gasteiger charge is 2.43. The van der Waals surface area contributed by atoms with Gasteiger partial charge in [-0.1, -0.05) is 6.42 Å². The van der Waals surface area contributed by atoms with Crippen molar-refractivity contribution in [1.82, 2.24) is 15.1 Å². The number of urea groups is 1. The first-order chi connectivity index (χ1) is 9.99. The summed E-state index contributed by atoms with van der Waals surface area (Å²) in [6.07, 6.45) is 5.23. The highest BCUT2D eigenvalue weighted by atomic mass is 16.4. The van der Waals surface area contributed by atoms with E-state index in [9.17, 15) is 14.7 Å². The van der Waals surface area contributed by atoms with Crippen LogP contribution in [0.3, 0.4) is 0 Å². The second-order valence-electron chi connectivity index (χ2n) is 6.98. The lowest BCUT2D eigenvalue weighted by Gasteiger charge is -2.33. The Morgan fingerprint density at radius 1 is 1.19 bits per heavy atom. The number of nitrogens with one attached hydrogen (secondary N) is 1. The molecule has 0 aliphatic carbocycles. The van der Waals surface area contributed by atoms with Crippen LogP contribution in [-0.4, -0.2) is 65.2 Å². The zero-order chi connectivity index (χ0) is 15.0.